The van der Waals surface area contributed by atoms with E-state index in [4.69, 9.17) is 0 Å². The Hall–Kier alpha value is -1.08. The molecule has 1 heteroatoms. The zero-order valence-corrected chi connectivity index (χ0v) is 9.97. The van der Waals surface area contributed by atoms with Crippen molar-refractivity contribution in [2.75, 3.05) is 0 Å². The smallest absolute Gasteiger partial charge is 0.0744 e. The summed E-state index contributed by atoms with van der Waals surface area (Å²) in [6, 6.07) is 8.68. The van der Waals surface area contributed by atoms with Gasteiger partial charge in [0.15, 0.2) is 0 Å². The highest BCUT2D eigenvalue weighted by Gasteiger charge is 2.55. The Bertz CT molecular complexity index is 490. The second kappa shape index (κ2) is 3.23. The molecule has 88 valence electrons. The van der Waals surface area contributed by atoms with Crippen LogP contribution in [0.5, 0.6) is 0 Å². The van der Waals surface area contributed by atoms with Crippen molar-refractivity contribution in [1.29, 1.82) is 0 Å². The van der Waals surface area contributed by atoms with E-state index in [1.54, 1.807) is 0 Å². The van der Waals surface area contributed by atoms with E-state index in [1.165, 1.54) is 30.4 Å². The quantitative estimate of drug-likeness (QED) is 0.719. The van der Waals surface area contributed by atoms with E-state index in [0.29, 0.717) is 17.8 Å². The molecule has 0 aliphatic heterocycles. The number of rotatable bonds is 0. The van der Waals surface area contributed by atoms with E-state index in [-0.39, 0.29) is 5.60 Å². The predicted molar refractivity (Wildman–Crippen MR) is 68.6 cm³/mol. The predicted octanol–water partition coefficient (Wildman–Crippen LogP) is 3.35. The highest BCUT2D eigenvalue weighted by molar-refractivity contribution is 5.59. The van der Waals surface area contributed by atoms with Crippen LogP contribution in [0.2, 0.25) is 0 Å². The molecule has 1 aromatic carbocycles. The fourth-order valence-electron chi connectivity index (χ4n) is 4.24. The van der Waals surface area contributed by atoms with Crippen molar-refractivity contribution in [2.24, 2.45) is 11.8 Å². The van der Waals surface area contributed by atoms with Gasteiger partial charge in [-0.05, 0) is 48.6 Å². The molecule has 0 saturated heterocycles. The maximum atomic E-state index is 10.8. The molecule has 4 rings (SSSR count). The first-order valence-corrected chi connectivity index (χ1v) is 6.78. The SMILES string of the molecule is O[C@]12CC[C@H]1CC[C@H]1c3ccccc3C=C[C@H]12. The number of benzene rings is 1. The molecule has 1 aromatic rings. The molecule has 0 aromatic heterocycles. The average Bonchev–Trinajstić information content (AvgIpc) is 2.35. The van der Waals surface area contributed by atoms with Crippen LogP contribution in [0.4, 0.5) is 0 Å². The van der Waals surface area contributed by atoms with E-state index in [2.05, 4.69) is 36.4 Å². The van der Waals surface area contributed by atoms with Gasteiger partial charge in [-0.3, -0.25) is 0 Å². The summed E-state index contributed by atoms with van der Waals surface area (Å²) in [6.07, 6.45) is 9.19. The molecule has 3 aliphatic carbocycles. The minimum Gasteiger partial charge on any atom is -0.389 e. The lowest BCUT2D eigenvalue weighted by molar-refractivity contribution is -0.152. The Kier molecular flexibility index (Phi) is 1.88. The van der Waals surface area contributed by atoms with E-state index < -0.39 is 0 Å². The molecular formula is C16H18O. The van der Waals surface area contributed by atoms with Gasteiger partial charge >= 0.3 is 0 Å². The van der Waals surface area contributed by atoms with Crippen molar-refractivity contribution in [2.45, 2.75) is 37.2 Å². The summed E-state index contributed by atoms with van der Waals surface area (Å²) in [5.74, 6) is 1.49. The van der Waals surface area contributed by atoms with Gasteiger partial charge in [-0.15, -0.1) is 0 Å². The van der Waals surface area contributed by atoms with Gasteiger partial charge in [-0.1, -0.05) is 36.4 Å². The van der Waals surface area contributed by atoms with Crippen molar-refractivity contribution in [3.05, 3.63) is 41.5 Å². The first-order valence-electron chi connectivity index (χ1n) is 6.78. The van der Waals surface area contributed by atoms with Gasteiger partial charge in [0.25, 0.3) is 0 Å². The minimum atomic E-state index is -0.382. The number of hydrogen-bond acceptors (Lipinski definition) is 1. The van der Waals surface area contributed by atoms with Crippen LogP contribution < -0.4 is 0 Å². The van der Waals surface area contributed by atoms with E-state index in [1.807, 2.05) is 0 Å². The number of aliphatic hydroxyl groups is 1. The maximum Gasteiger partial charge on any atom is 0.0744 e. The van der Waals surface area contributed by atoms with Crippen molar-refractivity contribution in [3.8, 4) is 0 Å². The van der Waals surface area contributed by atoms with Gasteiger partial charge in [0.2, 0.25) is 0 Å². The molecule has 0 heterocycles. The maximum absolute atomic E-state index is 10.8. The standard InChI is InChI=1S/C16H18O/c17-16-10-9-12(16)6-7-14-13-4-2-1-3-11(13)5-8-15(14)16/h1-5,8,12,14-15,17H,6-7,9-10H2/t12-,14+,15-,16-/m1/s1. The largest absolute Gasteiger partial charge is 0.389 e. The Morgan fingerprint density at radius 2 is 2.00 bits per heavy atom. The summed E-state index contributed by atoms with van der Waals surface area (Å²) >= 11 is 0. The average molecular weight is 226 g/mol. The molecule has 1 N–H and O–H groups in total. The first kappa shape index (κ1) is 9.90. The molecule has 4 atom stereocenters. The van der Waals surface area contributed by atoms with Crippen LogP contribution in [0.25, 0.3) is 6.08 Å². The van der Waals surface area contributed by atoms with Gasteiger partial charge in [0, 0.05) is 5.92 Å². The summed E-state index contributed by atoms with van der Waals surface area (Å²) < 4.78 is 0. The molecule has 2 saturated carbocycles. The normalized spacial score (nSPS) is 42.1. The fourth-order valence-corrected chi connectivity index (χ4v) is 4.24. The first-order chi connectivity index (χ1) is 8.29. The van der Waals surface area contributed by atoms with Crippen molar-refractivity contribution in [3.63, 3.8) is 0 Å². The molecule has 17 heavy (non-hydrogen) atoms. The van der Waals surface area contributed by atoms with Crippen LogP contribution in [0, 0.1) is 11.8 Å². The van der Waals surface area contributed by atoms with Crippen LogP contribution in [0.1, 0.15) is 42.7 Å². The van der Waals surface area contributed by atoms with E-state index in [0.717, 1.165) is 6.42 Å². The van der Waals surface area contributed by atoms with Gasteiger partial charge in [-0.25, -0.2) is 0 Å². The summed E-state index contributed by atoms with van der Waals surface area (Å²) in [5.41, 5.74) is 2.43. The summed E-state index contributed by atoms with van der Waals surface area (Å²) in [6.45, 7) is 0. The molecule has 0 unspecified atom stereocenters. The zero-order chi connectivity index (χ0) is 11.5. The summed E-state index contributed by atoms with van der Waals surface area (Å²) in [4.78, 5) is 0. The minimum absolute atomic E-state index is 0.366. The Morgan fingerprint density at radius 1 is 1.12 bits per heavy atom. The molecule has 0 radical (unpaired) electrons. The number of hydrogen-bond donors (Lipinski definition) is 1. The topological polar surface area (TPSA) is 20.2 Å². The van der Waals surface area contributed by atoms with Crippen molar-refractivity contribution >= 4 is 6.08 Å². The van der Waals surface area contributed by atoms with Gasteiger partial charge < -0.3 is 5.11 Å². The summed E-state index contributed by atoms with van der Waals surface area (Å²) in [7, 11) is 0. The Labute approximate surface area is 102 Å². The van der Waals surface area contributed by atoms with Crippen LogP contribution in [0.3, 0.4) is 0 Å². The Balaban J connectivity index is 1.80. The van der Waals surface area contributed by atoms with E-state index >= 15 is 0 Å². The van der Waals surface area contributed by atoms with Crippen LogP contribution in [-0.4, -0.2) is 10.7 Å². The van der Waals surface area contributed by atoms with Crippen LogP contribution in [-0.2, 0) is 0 Å². The third kappa shape index (κ3) is 1.18. The van der Waals surface area contributed by atoms with Crippen molar-refractivity contribution in [1.82, 2.24) is 0 Å². The van der Waals surface area contributed by atoms with Gasteiger partial charge in [-0.2, -0.15) is 0 Å². The molecule has 0 bridgehead atoms. The molecular weight excluding hydrogens is 208 g/mol. The second-order valence-electron chi connectivity index (χ2n) is 5.92. The van der Waals surface area contributed by atoms with Crippen LogP contribution >= 0.6 is 0 Å². The Morgan fingerprint density at radius 3 is 2.82 bits per heavy atom. The summed E-state index contributed by atoms with van der Waals surface area (Å²) in [5, 5.41) is 10.8. The highest BCUT2D eigenvalue weighted by Crippen LogP contribution is 2.58. The van der Waals surface area contributed by atoms with Crippen LogP contribution in [0.15, 0.2) is 30.3 Å². The van der Waals surface area contributed by atoms with Gasteiger partial charge in [0.1, 0.15) is 0 Å². The lowest BCUT2D eigenvalue weighted by Gasteiger charge is -2.56. The number of fused-ring (bicyclic) bond motifs is 5. The monoisotopic (exact) mass is 226 g/mol. The fraction of sp³-hybridized carbons (Fsp3) is 0.500. The van der Waals surface area contributed by atoms with E-state index in [9.17, 15) is 5.11 Å². The highest BCUT2D eigenvalue weighted by atomic mass is 16.3. The third-order valence-electron chi connectivity index (χ3n) is 5.32. The molecule has 0 amide bonds. The molecule has 3 aliphatic rings. The molecule has 2 fully saturated rings. The third-order valence-corrected chi connectivity index (χ3v) is 5.32. The lowest BCUT2D eigenvalue weighted by atomic mass is 9.52. The van der Waals surface area contributed by atoms with Gasteiger partial charge in [0.05, 0.1) is 5.60 Å². The zero-order valence-electron chi connectivity index (χ0n) is 9.97. The lowest BCUT2D eigenvalue weighted by Crippen LogP contribution is -2.57. The molecule has 0 spiro atoms. The van der Waals surface area contributed by atoms with Crippen molar-refractivity contribution < 1.29 is 5.11 Å². The second-order valence-corrected chi connectivity index (χ2v) is 5.92. The molecule has 1 nitrogen and oxygen atoms in total.